The summed E-state index contributed by atoms with van der Waals surface area (Å²) in [5.74, 6) is -0.0795. The van der Waals surface area contributed by atoms with Gasteiger partial charge in [-0.2, -0.15) is 12.7 Å². The second kappa shape index (κ2) is 10.8. The molecule has 8 nitrogen and oxygen atoms in total. The number of rotatable bonds is 8. The molecule has 2 aromatic rings. The van der Waals surface area contributed by atoms with Gasteiger partial charge < -0.3 is 9.64 Å². The van der Waals surface area contributed by atoms with Crippen molar-refractivity contribution in [2.24, 2.45) is 11.8 Å². The molecule has 1 N–H and O–H groups in total. The first kappa shape index (κ1) is 28.2. The van der Waals surface area contributed by atoms with Crippen LogP contribution in [0, 0.1) is 17.7 Å². The van der Waals surface area contributed by atoms with Crippen molar-refractivity contribution < 1.29 is 26.7 Å². The number of halogens is 2. The van der Waals surface area contributed by atoms with E-state index < -0.39 is 28.1 Å². The Morgan fingerprint density at radius 1 is 1.24 bits per heavy atom. The molecule has 2 saturated heterocycles. The fourth-order valence-corrected chi connectivity index (χ4v) is 6.33. The number of pyridine rings is 1. The summed E-state index contributed by atoms with van der Waals surface area (Å²) < 4.78 is 62.4. The minimum absolute atomic E-state index is 0.00524. The summed E-state index contributed by atoms with van der Waals surface area (Å²) in [5, 5.41) is 0. The SMILES string of the molecule is CC(C)COc1cc(F)cc(-c2ccc(C(=O)NS(=O)(=O)N3CC[C@H](F)C3)c(N3C[C@@H](C)CC3(C)C)n2)c1. The van der Waals surface area contributed by atoms with Crippen LogP contribution in [0.15, 0.2) is 30.3 Å². The molecule has 0 unspecified atom stereocenters. The third kappa shape index (κ3) is 6.26. The van der Waals surface area contributed by atoms with E-state index in [1.165, 1.54) is 18.2 Å². The number of benzene rings is 1. The van der Waals surface area contributed by atoms with Gasteiger partial charge >= 0.3 is 10.2 Å². The average Bonchev–Trinajstić information content (AvgIpc) is 3.38. The number of alkyl halides is 1. The van der Waals surface area contributed by atoms with Gasteiger partial charge in [0.2, 0.25) is 0 Å². The average molecular weight is 551 g/mol. The van der Waals surface area contributed by atoms with E-state index in [0.29, 0.717) is 41.9 Å². The van der Waals surface area contributed by atoms with Crippen LogP contribution in [-0.2, 0) is 10.2 Å². The number of carbonyl (C=O) groups excluding carboxylic acids is 1. The summed E-state index contributed by atoms with van der Waals surface area (Å²) in [4.78, 5) is 20.1. The number of amides is 1. The fourth-order valence-electron chi connectivity index (χ4n) is 5.15. The maximum atomic E-state index is 14.5. The van der Waals surface area contributed by atoms with E-state index in [9.17, 15) is 22.0 Å². The van der Waals surface area contributed by atoms with Crippen molar-refractivity contribution in [3.05, 3.63) is 41.7 Å². The molecule has 2 atom stereocenters. The van der Waals surface area contributed by atoms with Crippen LogP contribution in [0.5, 0.6) is 5.75 Å². The standard InChI is InChI=1S/C27H36F2N4O4S/c1-17(2)16-37-22-11-19(10-21(29)12-22)24-7-6-23(25(30-24)33-14-18(3)13-27(33,4)5)26(34)31-38(35,36)32-9-8-20(28)15-32/h6-7,10-12,17-18,20H,8-9,13-16H2,1-5H3,(H,31,34)/t18-,20-/m0/s1. The highest BCUT2D eigenvalue weighted by molar-refractivity contribution is 7.87. The lowest BCUT2D eigenvalue weighted by Gasteiger charge is -2.34. The Bertz CT molecular complexity index is 1300. The fraction of sp³-hybridized carbons (Fsp3) is 0.556. The number of hydrogen-bond acceptors (Lipinski definition) is 6. The molecule has 208 valence electrons. The lowest BCUT2D eigenvalue weighted by atomic mass is 9.97. The van der Waals surface area contributed by atoms with Crippen LogP contribution in [-0.4, -0.2) is 61.6 Å². The number of nitrogens with one attached hydrogen (secondary N) is 1. The van der Waals surface area contributed by atoms with E-state index in [-0.39, 0.29) is 36.5 Å². The molecule has 4 rings (SSSR count). The topological polar surface area (TPSA) is 91.8 Å². The lowest BCUT2D eigenvalue weighted by Crippen LogP contribution is -2.44. The molecule has 2 aliphatic heterocycles. The molecular weight excluding hydrogens is 514 g/mol. The Balaban J connectivity index is 1.73. The van der Waals surface area contributed by atoms with Gasteiger partial charge in [-0.3, -0.25) is 4.79 Å². The van der Waals surface area contributed by atoms with Crippen LogP contribution >= 0.6 is 0 Å². The first-order chi connectivity index (χ1) is 17.7. The van der Waals surface area contributed by atoms with Gasteiger partial charge in [0.05, 0.1) is 17.9 Å². The first-order valence-corrected chi connectivity index (χ1v) is 14.4. The van der Waals surface area contributed by atoms with Crippen molar-refractivity contribution in [3.63, 3.8) is 0 Å². The largest absolute Gasteiger partial charge is 0.493 e. The van der Waals surface area contributed by atoms with E-state index in [4.69, 9.17) is 9.72 Å². The normalized spacial score (nSPS) is 21.7. The molecule has 3 heterocycles. The van der Waals surface area contributed by atoms with Gasteiger partial charge in [0, 0.05) is 36.8 Å². The van der Waals surface area contributed by atoms with E-state index in [1.807, 2.05) is 32.6 Å². The van der Waals surface area contributed by atoms with Crippen molar-refractivity contribution in [3.8, 4) is 17.0 Å². The van der Waals surface area contributed by atoms with Crippen LogP contribution in [0.4, 0.5) is 14.6 Å². The van der Waals surface area contributed by atoms with Crippen LogP contribution in [0.1, 0.15) is 57.8 Å². The Morgan fingerprint density at radius 3 is 2.58 bits per heavy atom. The summed E-state index contributed by atoms with van der Waals surface area (Å²) in [7, 11) is -4.23. The Morgan fingerprint density at radius 2 is 1.97 bits per heavy atom. The Labute approximate surface area is 223 Å². The predicted molar refractivity (Wildman–Crippen MR) is 143 cm³/mol. The molecular formula is C27H36F2N4O4S. The van der Waals surface area contributed by atoms with Gasteiger partial charge in [-0.25, -0.2) is 18.5 Å². The summed E-state index contributed by atoms with van der Waals surface area (Å²) in [6.45, 7) is 10.9. The highest BCUT2D eigenvalue weighted by Crippen LogP contribution is 2.38. The molecule has 0 saturated carbocycles. The van der Waals surface area contributed by atoms with Crippen molar-refractivity contribution >= 4 is 21.9 Å². The van der Waals surface area contributed by atoms with Crippen LogP contribution in [0.2, 0.25) is 0 Å². The zero-order valence-corrected chi connectivity index (χ0v) is 23.3. The van der Waals surface area contributed by atoms with E-state index in [0.717, 1.165) is 10.7 Å². The minimum atomic E-state index is -4.23. The first-order valence-electron chi connectivity index (χ1n) is 12.9. The van der Waals surface area contributed by atoms with Gasteiger partial charge in [-0.15, -0.1) is 0 Å². The molecule has 1 amide bonds. The van der Waals surface area contributed by atoms with Crippen molar-refractivity contribution in [2.45, 2.75) is 59.2 Å². The summed E-state index contributed by atoms with van der Waals surface area (Å²) in [5.41, 5.74) is 0.607. The maximum absolute atomic E-state index is 14.5. The molecule has 0 radical (unpaired) electrons. The molecule has 2 aliphatic rings. The lowest BCUT2D eigenvalue weighted by molar-refractivity contribution is 0.0979. The van der Waals surface area contributed by atoms with Crippen molar-refractivity contribution in [2.75, 3.05) is 31.1 Å². The van der Waals surface area contributed by atoms with Crippen LogP contribution in [0.3, 0.4) is 0 Å². The molecule has 38 heavy (non-hydrogen) atoms. The van der Waals surface area contributed by atoms with Gasteiger partial charge in [0.15, 0.2) is 0 Å². The van der Waals surface area contributed by atoms with E-state index >= 15 is 0 Å². The molecule has 2 fully saturated rings. The van der Waals surface area contributed by atoms with Crippen molar-refractivity contribution in [1.82, 2.24) is 14.0 Å². The van der Waals surface area contributed by atoms with Gasteiger partial charge in [0.1, 0.15) is 23.6 Å². The molecule has 0 aliphatic carbocycles. The van der Waals surface area contributed by atoms with E-state index in [2.05, 4.69) is 11.6 Å². The number of hydrogen-bond donors (Lipinski definition) is 1. The van der Waals surface area contributed by atoms with Gasteiger partial charge in [-0.05, 0) is 62.8 Å². The summed E-state index contributed by atoms with van der Waals surface area (Å²) >= 11 is 0. The number of anilines is 1. The second-order valence-corrected chi connectivity index (χ2v) is 13.0. The quantitative estimate of drug-likeness (QED) is 0.518. The Hall–Kier alpha value is -2.79. The van der Waals surface area contributed by atoms with E-state index in [1.54, 1.807) is 12.1 Å². The van der Waals surface area contributed by atoms with Crippen LogP contribution < -0.4 is 14.4 Å². The van der Waals surface area contributed by atoms with Crippen molar-refractivity contribution in [1.29, 1.82) is 0 Å². The number of ether oxygens (including phenoxy) is 1. The van der Waals surface area contributed by atoms with Crippen LogP contribution in [0.25, 0.3) is 11.3 Å². The summed E-state index contributed by atoms with van der Waals surface area (Å²) in [6.07, 6.45) is -0.324. The molecule has 0 spiro atoms. The molecule has 0 bridgehead atoms. The predicted octanol–water partition coefficient (Wildman–Crippen LogP) is 4.57. The van der Waals surface area contributed by atoms with Gasteiger partial charge in [0.25, 0.3) is 5.91 Å². The summed E-state index contributed by atoms with van der Waals surface area (Å²) in [6, 6.07) is 7.41. The third-order valence-electron chi connectivity index (χ3n) is 6.85. The minimum Gasteiger partial charge on any atom is -0.493 e. The monoisotopic (exact) mass is 550 g/mol. The molecule has 11 heteroatoms. The molecule has 1 aromatic heterocycles. The van der Waals surface area contributed by atoms with Gasteiger partial charge in [-0.1, -0.05) is 20.8 Å². The zero-order valence-electron chi connectivity index (χ0n) is 22.5. The third-order valence-corrected chi connectivity index (χ3v) is 8.31. The number of carbonyl (C=O) groups is 1. The number of nitrogens with zero attached hydrogens (tertiary/aromatic N) is 3. The number of aromatic nitrogens is 1. The second-order valence-electron chi connectivity index (χ2n) is 11.4. The highest BCUT2D eigenvalue weighted by atomic mass is 32.2. The zero-order chi connectivity index (χ0) is 27.8. The highest BCUT2D eigenvalue weighted by Gasteiger charge is 2.40. The smallest absolute Gasteiger partial charge is 0.304 e. The molecule has 1 aromatic carbocycles. The Kier molecular flexibility index (Phi) is 7.99. The maximum Gasteiger partial charge on any atom is 0.304 e.